The SMILES string of the molecule is CCn1nccc1-c1cc2nc(C(=O)NCc3ccc(C#N)cc3)cc(N3CCN(C)C[C@H]3CF)n2n1. The van der Waals surface area contributed by atoms with Crippen molar-refractivity contribution in [3.8, 4) is 17.5 Å². The molecule has 4 aromatic rings. The van der Waals surface area contributed by atoms with Crippen molar-refractivity contribution in [2.24, 2.45) is 0 Å². The van der Waals surface area contributed by atoms with E-state index in [2.05, 4.69) is 26.4 Å². The Labute approximate surface area is 213 Å². The summed E-state index contributed by atoms with van der Waals surface area (Å²) in [6.07, 6.45) is 1.72. The Morgan fingerprint density at radius 3 is 2.76 bits per heavy atom. The summed E-state index contributed by atoms with van der Waals surface area (Å²) in [5.41, 5.74) is 3.66. The summed E-state index contributed by atoms with van der Waals surface area (Å²) >= 11 is 0. The molecule has 4 heterocycles. The molecule has 0 saturated carbocycles. The van der Waals surface area contributed by atoms with Crippen LogP contribution in [-0.4, -0.2) is 74.6 Å². The van der Waals surface area contributed by atoms with Gasteiger partial charge in [-0.3, -0.25) is 9.48 Å². The first kappa shape index (κ1) is 24.4. The number of rotatable bonds is 7. The average Bonchev–Trinajstić information content (AvgIpc) is 3.58. The van der Waals surface area contributed by atoms with E-state index in [1.807, 2.05) is 35.7 Å². The van der Waals surface area contributed by atoms with Gasteiger partial charge in [0.2, 0.25) is 0 Å². The Balaban J connectivity index is 1.52. The molecule has 10 nitrogen and oxygen atoms in total. The van der Waals surface area contributed by atoms with Gasteiger partial charge in [0.25, 0.3) is 5.91 Å². The third kappa shape index (κ3) is 4.88. The molecule has 0 aliphatic carbocycles. The van der Waals surface area contributed by atoms with Crippen LogP contribution in [0.25, 0.3) is 17.0 Å². The number of aromatic nitrogens is 5. The minimum atomic E-state index is -0.523. The number of benzene rings is 1. The Bertz CT molecular complexity index is 1450. The zero-order valence-corrected chi connectivity index (χ0v) is 20.8. The van der Waals surface area contributed by atoms with Gasteiger partial charge in [-0.05, 0) is 37.7 Å². The zero-order valence-electron chi connectivity index (χ0n) is 20.8. The Morgan fingerprint density at radius 2 is 2.03 bits per heavy atom. The van der Waals surface area contributed by atoms with E-state index in [-0.39, 0.29) is 24.2 Å². The molecule has 1 saturated heterocycles. The van der Waals surface area contributed by atoms with Crippen molar-refractivity contribution in [3.63, 3.8) is 0 Å². The van der Waals surface area contributed by atoms with Crippen LogP contribution in [-0.2, 0) is 13.1 Å². The Morgan fingerprint density at radius 1 is 1.22 bits per heavy atom. The number of hydrogen-bond donors (Lipinski definition) is 1. The summed E-state index contributed by atoms with van der Waals surface area (Å²) in [6.45, 7) is 4.37. The van der Waals surface area contributed by atoms with Crippen LogP contribution >= 0.6 is 0 Å². The van der Waals surface area contributed by atoms with E-state index in [1.54, 1.807) is 41.0 Å². The summed E-state index contributed by atoms with van der Waals surface area (Å²) in [7, 11) is 1.97. The number of carbonyl (C=O) groups excluding carboxylic acids is 1. The maximum Gasteiger partial charge on any atom is 0.270 e. The molecule has 1 aromatic carbocycles. The van der Waals surface area contributed by atoms with E-state index in [1.165, 1.54) is 0 Å². The highest BCUT2D eigenvalue weighted by Gasteiger charge is 2.29. The van der Waals surface area contributed by atoms with Gasteiger partial charge >= 0.3 is 0 Å². The van der Waals surface area contributed by atoms with Gasteiger partial charge in [-0.15, -0.1) is 0 Å². The second-order valence-electron chi connectivity index (χ2n) is 9.09. The maximum atomic E-state index is 14.1. The number of likely N-dealkylation sites (N-methyl/N-ethyl adjacent to an activating group) is 1. The molecule has 1 N–H and O–H groups in total. The molecule has 37 heavy (non-hydrogen) atoms. The zero-order chi connectivity index (χ0) is 25.9. The molecular weight excluding hydrogens is 473 g/mol. The summed E-state index contributed by atoms with van der Waals surface area (Å²) in [4.78, 5) is 21.9. The van der Waals surface area contributed by atoms with Gasteiger partial charge in [0, 0.05) is 51.1 Å². The van der Waals surface area contributed by atoms with Crippen molar-refractivity contribution in [3.05, 3.63) is 65.5 Å². The number of anilines is 1. The van der Waals surface area contributed by atoms with Crippen molar-refractivity contribution in [1.82, 2.24) is 34.6 Å². The Kier molecular flexibility index (Phi) is 6.83. The van der Waals surface area contributed by atoms with Gasteiger partial charge in [0.15, 0.2) is 5.65 Å². The smallest absolute Gasteiger partial charge is 0.270 e. The Hall–Kier alpha value is -4.30. The first-order valence-electron chi connectivity index (χ1n) is 12.2. The lowest BCUT2D eigenvalue weighted by atomic mass is 10.1. The first-order valence-corrected chi connectivity index (χ1v) is 12.2. The molecule has 0 bridgehead atoms. The van der Waals surface area contributed by atoms with E-state index in [0.717, 1.165) is 17.8 Å². The van der Waals surface area contributed by atoms with Gasteiger partial charge in [-0.1, -0.05) is 12.1 Å². The number of nitrogens with one attached hydrogen (secondary N) is 1. The number of piperazine rings is 1. The van der Waals surface area contributed by atoms with E-state index < -0.39 is 6.67 Å². The molecule has 190 valence electrons. The number of hydrogen-bond acceptors (Lipinski definition) is 7. The summed E-state index contributed by atoms with van der Waals surface area (Å²) in [5.74, 6) is 0.276. The van der Waals surface area contributed by atoms with Crippen LogP contribution in [0.5, 0.6) is 0 Å². The fourth-order valence-electron chi connectivity index (χ4n) is 4.62. The molecule has 0 unspecified atom stereocenters. The lowest BCUT2D eigenvalue weighted by Gasteiger charge is -2.40. The van der Waals surface area contributed by atoms with Crippen LogP contribution in [0.2, 0.25) is 0 Å². The van der Waals surface area contributed by atoms with Gasteiger partial charge in [0.1, 0.15) is 23.9 Å². The summed E-state index contributed by atoms with van der Waals surface area (Å²) in [6, 6.07) is 14.1. The van der Waals surface area contributed by atoms with Gasteiger partial charge < -0.3 is 15.1 Å². The number of amides is 1. The quantitative estimate of drug-likeness (QED) is 0.415. The van der Waals surface area contributed by atoms with Crippen molar-refractivity contribution < 1.29 is 9.18 Å². The minimum absolute atomic E-state index is 0.225. The van der Waals surface area contributed by atoms with Crippen LogP contribution in [0, 0.1) is 11.3 Å². The normalized spacial score (nSPS) is 16.2. The van der Waals surface area contributed by atoms with E-state index in [9.17, 15) is 9.18 Å². The topological polar surface area (TPSA) is 107 Å². The lowest BCUT2D eigenvalue weighted by molar-refractivity contribution is 0.0946. The molecule has 1 aliphatic rings. The van der Waals surface area contributed by atoms with Gasteiger partial charge in [-0.2, -0.15) is 20.0 Å². The standard InChI is InChI=1S/C26H28FN9O/c1-3-35-23(8-9-30-35)21-12-24-31-22(26(37)29-16-19-6-4-18(15-28)5-7-19)13-25(36(24)32-21)34-11-10-33(2)17-20(34)14-27/h4-9,12-13,20H,3,10-11,14,16-17H2,1-2H3,(H,29,37)/t20-/m1/s1. The summed E-state index contributed by atoms with van der Waals surface area (Å²) in [5, 5.41) is 21.0. The number of alkyl halides is 1. The van der Waals surface area contributed by atoms with Crippen LogP contribution in [0.4, 0.5) is 10.2 Å². The maximum absolute atomic E-state index is 14.1. The third-order valence-electron chi connectivity index (χ3n) is 6.61. The van der Waals surface area contributed by atoms with E-state index >= 15 is 0 Å². The first-order chi connectivity index (χ1) is 18.0. The molecule has 3 aromatic heterocycles. The van der Waals surface area contributed by atoms with Crippen LogP contribution < -0.4 is 10.2 Å². The number of halogens is 1. The molecule has 1 aliphatic heterocycles. The molecule has 11 heteroatoms. The van der Waals surface area contributed by atoms with Crippen molar-refractivity contribution in [2.75, 3.05) is 38.3 Å². The fourth-order valence-corrected chi connectivity index (χ4v) is 4.62. The number of carbonyl (C=O) groups is 1. The largest absolute Gasteiger partial charge is 0.348 e. The summed E-state index contributed by atoms with van der Waals surface area (Å²) < 4.78 is 17.6. The number of fused-ring (bicyclic) bond motifs is 1. The molecule has 5 rings (SSSR count). The highest BCUT2D eigenvalue weighted by Crippen LogP contribution is 2.26. The van der Waals surface area contributed by atoms with E-state index in [0.29, 0.717) is 42.4 Å². The number of nitrogens with zero attached hydrogens (tertiary/aromatic N) is 8. The highest BCUT2D eigenvalue weighted by atomic mass is 19.1. The fraction of sp³-hybridized carbons (Fsp3) is 0.346. The average molecular weight is 502 g/mol. The molecule has 1 amide bonds. The lowest BCUT2D eigenvalue weighted by Crippen LogP contribution is -2.53. The third-order valence-corrected chi connectivity index (χ3v) is 6.61. The van der Waals surface area contributed by atoms with E-state index in [4.69, 9.17) is 10.4 Å². The molecule has 0 radical (unpaired) electrons. The van der Waals surface area contributed by atoms with Crippen molar-refractivity contribution >= 4 is 17.4 Å². The second-order valence-corrected chi connectivity index (χ2v) is 9.09. The minimum Gasteiger partial charge on any atom is -0.348 e. The second kappa shape index (κ2) is 10.4. The molecular formula is C26H28FN9O. The van der Waals surface area contributed by atoms with Crippen LogP contribution in [0.15, 0.2) is 48.7 Å². The van der Waals surface area contributed by atoms with Crippen LogP contribution in [0.1, 0.15) is 28.5 Å². The molecule has 1 fully saturated rings. The van der Waals surface area contributed by atoms with Crippen molar-refractivity contribution in [1.29, 1.82) is 5.26 Å². The van der Waals surface area contributed by atoms with Gasteiger partial charge in [-0.25, -0.2) is 9.37 Å². The van der Waals surface area contributed by atoms with Gasteiger partial charge in [0.05, 0.1) is 23.4 Å². The highest BCUT2D eigenvalue weighted by molar-refractivity contribution is 5.93. The van der Waals surface area contributed by atoms with Crippen LogP contribution in [0.3, 0.4) is 0 Å². The molecule has 0 spiro atoms. The van der Waals surface area contributed by atoms with Crippen molar-refractivity contribution in [2.45, 2.75) is 26.1 Å². The monoisotopic (exact) mass is 501 g/mol. The predicted octanol–water partition coefficient (Wildman–Crippen LogP) is 2.50. The number of nitriles is 1. The number of aryl methyl sites for hydroxylation is 1. The predicted molar refractivity (Wildman–Crippen MR) is 137 cm³/mol. The molecule has 1 atom stereocenters.